The van der Waals surface area contributed by atoms with E-state index >= 15 is 0 Å². The highest BCUT2D eigenvalue weighted by Gasteiger charge is 2.13. The van der Waals surface area contributed by atoms with Gasteiger partial charge in [-0.25, -0.2) is 4.39 Å². The maximum Gasteiger partial charge on any atom is 0.123 e. The van der Waals surface area contributed by atoms with E-state index in [1.165, 1.54) is 17.7 Å². The van der Waals surface area contributed by atoms with Crippen LogP contribution in [-0.4, -0.2) is 13.1 Å². The minimum Gasteiger partial charge on any atom is -0.371 e. The molecule has 0 spiro atoms. The maximum absolute atomic E-state index is 12.8. The Kier molecular flexibility index (Phi) is 3.21. The molecule has 1 aliphatic rings. The zero-order valence-electron chi connectivity index (χ0n) is 8.99. The Morgan fingerprint density at radius 3 is 2.38 bits per heavy atom. The van der Waals surface area contributed by atoms with Gasteiger partial charge in [0, 0.05) is 24.9 Å². The molecule has 3 heteroatoms. The predicted octanol–water partition coefficient (Wildman–Crippen LogP) is 2.88. The van der Waals surface area contributed by atoms with Crippen LogP contribution in [0.15, 0.2) is 35.9 Å². The van der Waals surface area contributed by atoms with E-state index in [9.17, 15) is 4.39 Å². The Labute approximate surface area is 94.6 Å². The second-order valence-electron chi connectivity index (χ2n) is 3.90. The molecule has 1 saturated heterocycles. The summed E-state index contributed by atoms with van der Waals surface area (Å²) in [5, 5.41) is 8.55. The van der Waals surface area contributed by atoms with Gasteiger partial charge in [0.1, 0.15) is 5.82 Å². The number of hydrogen-bond donors (Lipinski definition) is 0. The number of nitriles is 1. The molecule has 0 bridgehead atoms. The summed E-state index contributed by atoms with van der Waals surface area (Å²) in [6.07, 6.45) is 3.48. The lowest BCUT2D eigenvalue weighted by Gasteiger charge is -2.30. The van der Waals surface area contributed by atoms with Crippen LogP contribution in [0.3, 0.4) is 0 Å². The fourth-order valence-electron chi connectivity index (χ4n) is 1.94. The van der Waals surface area contributed by atoms with Gasteiger partial charge in [-0.1, -0.05) is 5.57 Å². The summed E-state index contributed by atoms with van der Waals surface area (Å²) in [6, 6.07) is 8.63. The van der Waals surface area contributed by atoms with E-state index < -0.39 is 0 Å². The average molecular weight is 216 g/mol. The van der Waals surface area contributed by atoms with Crippen molar-refractivity contribution in [2.75, 3.05) is 18.0 Å². The lowest BCUT2D eigenvalue weighted by atomic mass is 10.0. The van der Waals surface area contributed by atoms with Gasteiger partial charge in [0.15, 0.2) is 0 Å². The van der Waals surface area contributed by atoms with Crippen LogP contribution in [0.5, 0.6) is 0 Å². The van der Waals surface area contributed by atoms with Gasteiger partial charge in [0.05, 0.1) is 6.07 Å². The van der Waals surface area contributed by atoms with Crippen molar-refractivity contribution in [2.45, 2.75) is 12.8 Å². The number of nitrogens with zero attached hydrogens (tertiary/aromatic N) is 2. The lowest BCUT2D eigenvalue weighted by molar-refractivity contribution is 0.626. The van der Waals surface area contributed by atoms with Crippen molar-refractivity contribution in [3.8, 4) is 6.07 Å². The molecule has 0 N–H and O–H groups in total. The smallest absolute Gasteiger partial charge is 0.123 e. The Hall–Kier alpha value is -1.82. The molecule has 0 aromatic heterocycles. The van der Waals surface area contributed by atoms with E-state index in [-0.39, 0.29) is 5.82 Å². The zero-order chi connectivity index (χ0) is 11.4. The van der Waals surface area contributed by atoms with Gasteiger partial charge in [-0.15, -0.1) is 0 Å². The number of benzene rings is 1. The van der Waals surface area contributed by atoms with E-state index in [1.807, 2.05) is 0 Å². The molecule has 1 aromatic carbocycles. The molecule has 1 aliphatic heterocycles. The molecule has 16 heavy (non-hydrogen) atoms. The van der Waals surface area contributed by atoms with Gasteiger partial charge in [-0.3, -0.25) is 0 Å². The number of anilines is 1. The first-order valence-corrected chi connectivity index (χ1v) is 5.37. The monoisotopic (exact) mass is 216 g/mol. The van der Waals surface area contributed by atoms with Crippen LogP contribution in [-0.2, 0) is 0 Å². The van der Waals surface area contributed by atoms with Crippen LogP contribution in [0.2, 0.25) is 0 Å². The molecule has 1 fully saturated rings. The second kappa shape index (κ2) is 4.80. The summed E-state index contributed by atoms with van der Waals surface area (Å²) < 4.78 is 12.8. The molecule has 0 unspecified atom stereocenters. The third-order valence-corrected chi connectivity index (χ3v) is 2.87. The first-order valence-electron chi connectivity index (χ1n) is 5.37. The van der Waals surface area contributed by atoms with Crippen molar-refractivity contribution < 1.29 is 4.39 Å². The molecular formula is C13H13FN2. The van der Waals surface area contributed by atoms with Crippen LogP contribution < -0.4 is 4.90 Å². The largest absolute Gasteiger partial charge is 0.371 e. The van der Waals surface area contributed by atoms with Gasteiger partial charge in [-0.2, -0.15) is 5.26 Å². The Morgan fingerprint density at radius 1 is 1.19 bits per heavy atom. The quantitative estimate of drug-likeness (QED) is 0.675. The zero-order valence-corrected chi connectivity index (χ0v) is 8.99. The molecule has 1 aromatic rings. The van der Waals surface area contributed by atoms with E-state index in [0.29, 0.717) is 0 Å². The van der Waals surface area contributed by atoms with Crippen molar-refractivity contribution in [1.29, 1.82) is 5.26 Å². The van der Waals surface area contributed by atoms with Gasteiger partial charge < -0.3 is 4.90 Å². The van der Waals surface area contributed by atoms with Crippen LogP contribution in [0, 0.1) is 17.1 Å². The molecule has 0 amide bonds. The van der Waals surface area contributed by atoms with Crippen molar-refractivity contribution in [3.05, 3.63) is 41.7 Å². The molecule has 0 atom stereocenters. The van der Waals surface area contributed by atoms with E-state index in [0.717, 1.165) is 31.6 Å². The first-order chi connectivity index (χ1) is 7.79. The molecule has 0 saturated carbocycles. The van der Waals surface area contributed by atoms with Crippen LogP contribution in [0.1, 0.15) is 12.8 Å². The number of hydrogen-bond acceptors (Lipinski definition) is 2. The van der Waals surface area contributed by atoms with Gasteiger partial charge in [0.2, 0.25) is 0 Å². The minimum absolute atomic E-state index is 0.203. The van der Waals surface area contributed by atoms with Crippen molar-refractivity contribution in [1.82, 2.24) is 0 Å². The lowest BCUT2D eigenvalue weighted by Crippen LogP contribution is -2.30. The highest BCUT2D eigenvalue weighted by molar-refractivity contribution is 5.47. The summed E-state index contributed by atoms with van der Waals surface area (Å²) >= 11 is 0. The predicted molar refractivity (Wildman–Crippen MR) is 61.5 cm³/mol. The minimum atomic E-state index is -0.203. The number of piperidine rings is 1. The van der Waals surface area contributed by atoms with Gasteiger partial charge in [-0.05, 0) is 37.1 Å². The van der Waals surface area contributed by atoms with Crippen molar-refractivity contribution >= 4 is 5.69 Å². The summed E-state index contributed by atoms with van der Waals surface area (Å²) in [7, 11) is 0. The van der Waals surface area contributed by atoms with Crippen LogP contribution in [0.25, 0.3) is 0 Å². The van der Waals surface area contributed by atoms with Gasteiger partial charge >= 0.3 is 0 Å². The topological polar surface area (TPSA) is 27.0 Å². The standard InChI is InChI=1S/C13H13FN2/c14-12-1-3-13(4-2-12)16-9-6-11(5-8-15)7-10-16/h1-5H,6-7,9-10H2. The number of rotatable bonds is 1. The third kappa shape index (κ3) is 2.40. The van der Waals surface area contributed by atoms with Crippen molar-refractivity contribution in [2.24, 2.45) is 0 Å². The second-order valence-corrected chi connectivity index (χ2v) is 3.90. The van der Waals surface area contributed by atoms with E-state index in [2.05, 4.69) is 11.0 Å². The maximum atomic E-state index is 12.8. The number of halogens is 1. The molecule has 0 aliphatic carbocycles. The number of allylic oxidation sites excluding steroid dienone is 1. The Morgan fingerprint density at radius 2 is 1.81 bits per heavy atom. The fraction of sp³-hybridized carbons (Fsp3) is 0.308. The summed E-state index contributed by atoms with van der Waals surface area (Å²) in [6.45, 7) is 1.80. The molecule has 1 heterocycles. The van der Waals surface area contributed by atoms with Gasteiger partial charge in [0.25, 0.3) is 0 Å². The Balaban J connectivity index is 2.02. The molecule has 0 radical (unpaired) electrons. The molecule has 82 valence electrons. The normalized spacial score (nSPS) is 15.8. The molecule has 2 nitrogen and oxygen atoms in total. The average Bonchev–Trinajstić information content (AvgIpc) is 2.32. The highest BCUT2D eigenvalue weighted by atomic mass is 19.1. The van der Waals surface area contributed by atoms with E-state index in [4.69, 9.17) is 5.26 Å². The molecular weight excluding hydrogens is 203 g/mol. The first kappa shape index (κ1) is 10.7. The van der Waals surface area contributed by atoms with Crippen LogP contribution >= 0.6 is 0 Å². The van der Waals surface area contributed by atoms with Crippen LogP contribution in [0.4, 0.5) is 10.1 Å². The third-order valence-electron chi connectivity index (χ3n) is 2.87. The summed E-state index contributed by atoms with van der Waals surface area (Å²) in [5.41, 5.74) is 2.26. The Bertz CT molecular complexity index is 418. The molecule has 2 rings (SSSR count). The summed E-state index contributed by atoms with van der Waals surface area (Å²) in [4.78, 5) is 2.22. The SMILES string of the molecule is N#CC=C1CCN(c2ccc(F)cc2)CC1. The van der Waals surface area contributed by atoms with Crippen molar-refractivity contribution in [3.63, 3.8) is 0 Å². The highest BCUT2D eigenvalue weighted by Crippen LogP contribution is 2.22. The van der Waals surface area contributed by atoms with E-state index in [1.54, 1.807) is 18.2 Å². The summed E-state index contributed by atoms with van der Waals surface area (Å²) in [5.74, 6) is -0.203. The fourth-order valence-corrected chi connectivity index (χ4v) is 1.94.